The van der Waals surface area contributed by atoms with E-state index in [1.54, 1.807) is 0 Å². The molecule has 0 amide bonds. The van der Waals surface area contributed by atoms with Crippen molar-refractivity contribution in [2.24, 2.45) is 0 Å². The van der Waals surface area contributed by atoms with Crippen molar-refractivity contribution in [3.63, 3.8) is 0 Å². The second-order valence-electron chi connectivity index (χ2n) is 3.68. The van der Waals surface area contributed by atoms with Gasteiger partial charge in [0.15, 0.2) is 0 Å². The molecule has 14 heavy (non-hydrogen) atoms. The van der Waals surface area contributed by atoms with Gasteiger partial charge in [-0.15, -0.1) is 23.5 Å². The molecule has 78 valence electrons. The molecule has 0 spiro atoms. The summed E-state index contributed by atoms with van der Waals surface area (Å²) in [4.78, 5) is 0. The molecule has 1 unspecified atom stereocenters. The summed E-state index contributed by atoms with van der Waals surface area (Å²) in [6.07, 6.45) is 2.18. The zero-order valence-electron chi connectivity index (χ0n) is 9.28. The van der Waals surface area contributed by atoms with Crippen LogP contribution in [0.5, 0.6) is 0 Å². The van der Waals surface area contributed by atoms with Crippen molar-refractivity contribution in [2.45, 2.75) is 30.1 Å². The van der Waals surface area contributed by atoms with Crippen LogP contribution in [0, 0.1) is 0 Å². The van der Waals surface area contributed by atoms with E-state index in [-0.39, 0.29) is 4.08 Å². The fraction of sp³-hybridized carbons (Fsp3) is 0.500. The topological polar surface area (TPSA) is 0 Å². The first kappa shape index (κ1) is 12.0. The van der Waals surface area contributed by atoms with E-state index >= 15 is 0 Å². The molecule has 0 aliphatic carbocycles. The molecule has 0 aliphatic rings. The highest BCUT2D eigenvalue weighted by atomic mass is 32.2. The van der Waals surface area contributed by atoms with Crippen LogP contribution in [-0.2, 0) is 4.08 Å². The van der Waals surface area contributed by atoms with E-state index in [1.807, 2.05) is 23.5 Å². The van der Waals surface area contributed by atoms with E-state index in [1.165, 1.54) is 5.56 Å². The Morgan fingerprint density at radius 3 is 2.14 bits per heavy atom. The average molecular weight is 226 g/mol. The second kappa shape index (κ2) is 5.13. The van der Waals surface area contributed by atoms with Gasteiger partial charge < -0.3 is 0 Å². The van der Waals surface area contributed by atoms with Crippen LogP contribution < -0.4 is 0 Å². The van der Waals surface area contributed by atoms with Gasteiger partial charge in [0.25, 0.3) is 0 Å². The third-order valence-electron chi connectivity index (χ3n) is 2.15. The van der Waals surface area contributed by atoms with Crippen LogP contribution in [0.4, 0.5) is 0 Å². The van der Waals surface area contributed by atoms with Gasteiger partial charge in [-0.2, -0.15) is 0 Å². The minimum atomic E-state index is 0.190. The van der Waals surface area contributed by atoms with Crippen molar-refractivity contribution in [1.82, 2.24) is 0 Å². The molecule has 1 atom stereocenters. The first-order chi connectivity index (χ1) is 6.58. The Bertz CT molecular complexity index is 269. The third-order valence-corrected chi connectivity index (χ3v) is 5.11. The maximum absolute atomic E-state index is 2.30. The molecule has 0 bridgehead atoms. The lowest BCUT2D eigenvalue weighted by atomic mass is 10.2. The van der Waals surface area contributed by atoms with Gasteiger partial charge in [-0.1, -0.05) is 44.2 Å². The highest BCUT2D eigenvalue weighted by Crippen LogP contribution is 2.46. The largest absolute Gasteiger partial charge is 0.143 e. The summed E-state index contributed by atoms with van der Waals surface area (Å²) in [5.41, 5.74) is 1.41. The Hall–Kier alpha value is -0.0800. The Morgan fingerprint density at radius 1 is 1.14 bits per heavy atom. The lowest BCUT2D eigenvalue weighted by Crippen LogP contribution is -2.14. The van der Waals surface area contributed by atoms with E-state index in [0.717, 1.165) is 0 Å². The van der Waals surface area contributed by atoms with Crippen molar-refractivity contribution < 1.29 is 0 Å². The molecule has 2 heteroatoms. The van der Waals surface area contributed by atoms with Crippen LogP contribution in [0.2, 0.25) is 0 Å². The van der Waals surface area contributed by atoms with Gasteiger partial charge in [-0.25, -0.2) is 0 Å². The maximum Gasteiger partial charge on any atom is 0.0831 e. The number of hydrogen-bond acceptors (Lipinski definition) is 2. The highest BCUT2D eigenvalue weighted by Gasteiger charge is 2.26. The van der Waals surface area contributed by atoms with Crippen LogP contribution in [0.1, 0.15) is 26.3 Å². The zero-order valence-corrected chi connectivity index (χ0v) is 10.9. The quantitative estimate of drug-likeness (QED) is 0.699. The van der Waals surface area contributed by atoms with E-state index in [9.17, 15) is 0 Å². The molecular weight excluding hydrogens is 208 g/mol. The summed E-state index contributed by atoms with van der Waals surface area (Å²) in [5.74, 6) is 0. The first-order valence-electron chi connectivity index (χ1n) is 4.87. The fourth-order valence-corrected chi connectivity index (χ4v) is 3.93. The molecular formula is C12H18S2. The molecule has 0 aliphatic heterocycles. The van der Waals surface area contributed by atoms with Crippen LogP contribution >= 0.6 is 23.5 Å². The zero-order chi connectivity index (χ0) is 10.6. The molecule has 0 saturated carbocycles. The fourth-order valence-electron chi connectivity index (χ4n) is 1.42. The number of hydrogen-bond donors (Lipinski definition) is 0. The summed E-state index contributed by atoms with van der Waals surface area (Å²) in [6, 6.07) is 10.7. The van der Waals surface area contributed by atoms with Crippen LogP contribution in [0.25, 0.3) is 0 Å². The molecule has 0 saturated heterocycles. The first-order valence-corrected chi connectivity index (χ1v) is 6.97. The average Bonchev–Trinajstić information content (AvgIpc) is 2.18. The van der Waals surface area contributed by atoms with E-state index in [4.69, 9.17) is 0 Å². The predicted molar refractivity (Wildman–Crippen MR) is 70.0 cm³/mol. The van der Waals surface area contributed by atoms with Gasteiger partial charge >= 0.3 is 0 Å². The van der Waals surface area contributed by atoms with Crippen LogP contribution in [0.3, 0.4) is 0 Å². The van der Waals surface area contributed by atoms with Crippen molar-refractivity contribution >= 4 is 23.5 Å². The Labute approximate surface area is 95.9 Å². The minimum Gasteiger partial charge on any atom is -0.143 e. The Morgan fingerprint density at radius 2 is 1.71 bits per heavy atom. The van der Waals surface area contributed by atoms with Crippen molar-refractivity contribution in [3.05, 3.63) is 35.9 Å². The highest BCUT2D eigenvalue weighted by molar-refractivity contribution is 8.17. The summed E-state index contributed by atoms with van der Waals surface area (Å²) in [7, 11) is 0. The van der Waals surface area contributed by atoms with Crippen LogP contribution in [0.15, 0.2) is 30.3 Å². The molecule has 1 aromatic rings. The van der Waals surface area contributed by atoms with Gasteiger partial charge in [0.2, 0.25) is 0 Å². The van der Waals surface area contributed by atoms with E-state index in [2.05, 4.69) is 57.4 Å². The Kier molecular flexibility index (Phi) is 4.39. The predicted octanol–water partition coefficient (Wildman–Crippen LogP) is 4.36. The van der Waals surface area contributed by atoms with Crippen molar-refractivity contribution in [2.75, 3.05) is 6.26 Å². The number of benzene rings is 1. The summed E-state index contributed by atoms with van der Waals surface area (Å²) in [5, 5.41) is 0.660. The molecule has 1 aromatic carbocycles. The molecule has 0 heterocycles. The maximum atomic E-state index is 2.30. The molecule has 0 aromatic heterocycles. The molecule has 0 N–H and O–H groups in total. The third kappa shape index (κ3) is 2.96. The monoisotopic (exact) mass is 226 g/mol. The van der Waals surface area contributed by atoms with Gasteiger partial charge in [0.1, 0.15) is 0 Å². The Balaban J connectivity index is 2.90. The molecule has 1 rings (SSSR count). The number of rotatable bonds is 4. The smallest absolute Gasteiger partial charge is 0.0831 e. The second-order valence-corrected chi connectivity index (χ2v) is 7.16. The summed E-state index contributed by atoms with van der Waals surface area (Å²) in [6.45, 7) is 6.81. The summed E-state index contributed by atoms with van der Waals surface area (Å²) >= 11 is 3.93. The molecule has 0 fully saturated rings. The van der Waals surface area contributed by atoms with Crippen molar-refractivity contribution in [1.29, 1.82) is 0 Å². The summed E-state index contributed by atoms with van der Waals surface area (Å²) < 4.78 is 0.190. The number of thioether (sulfide) groups is 2. The lowest BCUT2D eigenvalue weighted by molar-refractivity contribution is 0.983. The van der Waals surface area contributed by atoms with Gasteiger partial charge in [0, 0.05) is 5.25 Å². The van der Waals surface area contributed by atoms with Crippen molar-refractivity contribution in [3.8, 4) is 0 Å². The van der Waals surface area contributed by atoms with Crippen LogP contribution in [-0.4, -0.2) is 11.5 Å². The van der Waals surface area contributed by atoms with E-state index < -0.39 is 0 Å². The van der Waals surface area contributed by atoms with Gasteiger partial charge in [-0.3, -0.25) is 0 Å². The normalized spacial score (nSPS) is 15.5. The lowest BCUT2D eigenvalue weighted by Gasteiger charge is -2.29. The SMILES string of the molecule is CSC(C)(SC(C)C)c1ccccc1. The molecule has 0 nitrogen and oxygen atoms in total. The molecule has 0 radical (unpaired) electrons. The van der Waals surface area contributed by atoms with E-state index in [0.29, 0.717) is 5.25 Å². The van der Waals surface area contributed by atoms with Gasteiger partial charge in [0.05, 0.1) is 4.08 Å². The van der Waals surface area contributed by atoms with Gasteiger partial charge in [-0.05, 0) is 18.7 Å². The minimum absolute atomic E-state index is 0.190. The standard InChI is InChI=1S/C12H18S2/c1-10(2)14-12(3,13-4)11-8-6-5-7-9-11/h5-10H,1-4H3.